The molecule has 3 unspecified atom stereocenters. The summed E-state index contributed by atoms with van der Waals surface area (Å²) >= 11 is 19.6. The Morgan fingerprint density at radius 1 is 1.12 bits per heavy atom. The number of hydroxylamine groups is 1. The van der Waals surface area contributed by atoms with E-state index in [0.717, 1.165) is 5.56 Å². The number of rotatable bonds is 5. The molecule has 1 aromatic rings. The lowest BCUT2D eigenvalue weighted by Crippen LogP contribution is -2.33. The first-order valence-electron chi connectivity index (χ1n) is 5.31. The van der Waals surface area contributed by atoms with E-state index < -0.39 is 0 Å². The van der Waals surface area contributed by atoms with E-state index in [0.29, 0.717) is 19.6 Å². The van der Waals surface area contributed by atoms with Crippen molar-refractivity contribution in [3.63, 3.8) is 0 Å². The molecule has 0 radical (unpaired) electrons. The molecule has 1 aromatic heterocycles. The molecule has 0 bridgehead atoms. The van der Waals surface area contributed by atoms with Crippen LogP contribution in [0.15, 0.2) is 0 Å². The minimum atomic E-state index is 0.195. The molecule has 0 amide bonds. The fourth-order valence-electron chi connectivity index (χ4n) is 1.74. The second-order valence-electron chi connectivity index (χ2n) is 4.14. The number of hydrogen-bond acceptors (Lipinski definition) is 3. The van der Waals surface area contributed by atoms with E-state index in [2.05, 4.69) is 26.3 Å². The summed E-state index contributed by atoms with van der Waals surface area (Å²) in [4.78, 5) is 4.94. The predicted octanol–water partition coefficient (Wildman–Crippen LogP) is 4.99. The van der Waals surface area contributed by atoms with E-state index in [9.17, 15) is 0 Å². The SMILES string of the molecule is CONC(C)C(C)C(C)c1c(Cl)sc(Cl)c1Cl. The van der Waals surface area contributed by atoms with E-state index in [1.807, 2.05) is 0 Å². The van der Waals surface area contributed by atoms with E-state index in [1.165, 1.54) is 11.3 Å². The smallest absolute Gasteiger partial charge is 0.113 e. The highest BCUT2D eigenvalue weighted by atomic mass is 35.5. The minimum Gasteiger partial charge on any atom is -0.305 e. The summed E-state index contributed by atoms with van der Waals surface area (Å²) in [5, 5.41) is 0.575. The second-order valence-corrected chi connectivity index (χ2v) is 6.74. The van der Waals surface area contributed by atoms with Crippen molar-refractivity contribution in [1.82, 2.24) is 5.48 Å². The molecule has 0 aliphatic rings. The Kier molecular flexibility index (Phi) is 6.03. The highest BCUT2D eigenvalue weighted by Gasteiger charge is 2.27. The fourth-order valence-corrected chi connectivity index (χ4v) is 3.93. The lowest BCUT2D eigenvalue weighted by molar-refractivity contribution is 0.0465. The molecule has 0 aromatic carbocycles. The molecule has 17 heavy (non-hydrogen) atoms. The van der Waals surface area contributed by atoms with Crippen molar-refractivity contribution in [3.05, 3.63) is 19.3 Å². The molecule has 6 heteroatoms. The first kappa shape index (κ1) is 15.5. The van der Waals surface area contributed by atoms with Crippen LogP contribution in [0.2, 0.25) is 13.7 Å². The van der Waals surface area contributed by atoms with Crippen molar-refractivity contribution in [2.45, 2.75) is 32.7 Å². The van der Waals surface area contributed by atoms with Crippen molar-refractivity contribution in [2.75, 3.05) is 7.11 Å². The number of thiophene rings is 1. The average Bonchev–Trinajstić information content (AvgIpc) is 2.51. The fraction of sp³-hybridized carbons (Fsp3) is 0.636. The van der Waals surface area contributed by atoms with Crippen LogP contribution in [-0.2, 0) is 4.84 Å². The molecule has 3 atom stereocenters. The average molecular weight is 317 g/mol. The van der Waals surface area contributed by atoms with Crippen LogP contribution in [0.1, 0.15) is 32.3 Å². The van der Waals surface area contributed by atoms with Crippen LogP contribution in [0.5, 0.6) is 0 Å². The van der Waals surface area contributed by atoms with Crippen LogP contribution in [0.25, 0.3) is 0 Å². The van der Waals surface area contributed by atoms with Crippen LogP contribution in [0.3, 0.4) is 0 Å². The third kappa shape index (κ3) is 3.49. The molecule has 0 aliphatic heterocycles. The first-order chi connectivity index (χ1) is 7.90. The molecule has 0 saturated heterocycles. The van der Waals surface area contributed by atoms with Gasteiger partial charge in [-0.1, -0.05) is 48.7 Å². The Morgan fingerprint density at radius 2 is 1.71 bits per heavy atom. The van der Waals surface area contributed by atoms with E-state index >= 15 is 0 Å². The third-order valence-electron chi connectivity index (χ3n) is 3.14. The van der Waals surface area contributed by atoms with E-state index in [4.69, 9.17) is 39.6 Å². The van der Waals surface area contributed by atoms with Crippen LogP contribution in [0, 0.1) is 5.92 Å². The highest BCUT2D eigenvalue weighted by molar-refractivity contribution is 7.20. The Hall–Kier alpha value is 0.490. The topological polar surface area (TPSA) is 21.3 Å². The molecule has 0 aliphatic carbocycles. The maximum atomic E-state index is 6.18. The van der Waals surface area contributed by atoms with Gasteiger partial charge in [-0.3, -0.25) is 0 Å². The molecular formula is C11H16Cl3NOS. The van der Waals surface area contributed by atoms with Gasteiger partial charge in [-0.15, -0.1) is 11.3 Å². The Morgan fingerprint density at radius 3 is 2.12 bits per heavy atom. The van der Waals surface area contributed by atoms with Gasteiger partial charge in [0.2, 0.25) is 0 Å². The summed E-state index contributed by atoms with van der Waals surface area (Å²) in [5.41, 5.74) is 3.86. The summed E-state index contributed by atoms with van der Waals surface area (Å²) in [6.45, 7) is 6.27. The summed E-state index contributed by atoms with van der Waals surface area (Å²) in [7, 11) is 1.61. The number of nitrogens with one attached hydrogen (secondary N) is 1. The molecule has 1 N–H and O–H groups in total. The van der Waals surface area contributed by atoms with Gasteiger partial charge in [0, 0.05) is 11.6 Å². The second kappa shape index (κ2) is 6.60. The summed E-state index contributed by atoms with van der Waals surface area (Å²) < 4.78 is 1.22. The van der Waals surface area contributed by atoms with Crippen LogP contribution < -0.4 is 5.48 Å². The predicted molar refractivity (Wildman–Crippen MR) is 76.5 cm³/mol. The van der Waals surface area contributed by atoms with Crippen molar-refractivity contribution < 1.29 is 4.84 Å². The molecule has 0 spiro atoms. The van der Waals surface area contributed by atoms with Gasteiger partial charge in [0.1, 0.15) is 4.34 Å². The highest BCUT2D eigenvalue weighted by Crippen LogP contribution is 2.46. The van der Waals surface area contributed by atoms with Crippen molar-refractivity contribution in [1.29, 1.82) is 0 Å². The van der Waals surface area contributed by atoms with Gasteiger partial charge in [-0.2, -0.15) is 5.48 Å². The van der Waals surface area contributed by atoms with Gasteiger partial charge < -0.3 is 4.84 Å². The monoisotopic (exact) mass is 315 g/mol. The lowest BCUT2D eigenvalue weighted by Gasteiger charge is -2.26. The maximum Gasteiger partial charge on any atom is 0.113 e. The Labute approximate surface area is 121 Å². The van der Waals surface area contributed by atoms with Gasteiger partial charge in [0.25, 0.3) is 0 Å². The largest absolute Gasteiger partial charge is 0.305 e. The van der Waals surface area contributed by atoms with Crippen LogP contribution in [-0.4, -0.2) is 13.2 Å². The molecule has 2 nitrogen and oxygen atoms in total. The van der Waals surface area contributed by atoms with Gasteiger partial charge >= 0.3 is 0 Å². The first-order valence-corrected chi connectivity index (χ1v) is 7.26. The molecular weight excluding hydrogens is 301 g/mol. The zero-order chi connectivity index (χ0) is 13.2. The molecule has 0 saturated carbocycles. The van der Waals surface area contributed by atoms with Gasteiger partial charge in [0.15, 0.2) is 0 Å². The van der Waals surface area contributed by atoms with Crippen molar-refractivity contribution >= 4 is 46.1 Å². The Bertz CT molecular complexity index is 383. The number of hydrogen-bond donors (Lipinski definition) is 1. The molecule has 98 valence electrons. The molecule has 1 rings (SSSR count). The minimum absolute atomic E-state index is 0.195. The van der Waals surface area contributed by atoms with Crippen molar-refractivity contribution in [2.24, 2.45) is 5.92 Å². The van der Waals surface area contributed by atoms with Gasteiger partial charge in [-0.05, 0) is 18.8 Å². The molecule has 1 heterocycles. The van der Waals surface area contributed by atoms with Crippen molar-refractivity contribution in [3.8, 4) is 0 Å². The quantitative estimate of drug-likeness (QED) is 0.773. The zero-order valence-corrected chi connectivity index (χ0v) is 13.3. The Balaban J connectivity index is 2.92. The van der Waals surface area contributed by atoms with Crippen LogP contribution in [0.4, 0.5) is 0 Å². The van der Waals surface area contributed by atoms with Gasteiger partial charge in [0.05, 0.1) is 16.5 Å². The summed E-state index contributed by atoms with van der Waals surface area (Å²) in [6, 6.07) is 0.195. The molecule has 0 fully saturated rings. The normalized spacial score (nSPS) is 16.9. The standard InChI is InChI=1S/C11H16Cl3NOS/c1-5(7(3)15-16-4)6(2)8-9(12)11(14)17-10(8)13/h5-7,15H,1-4H3. The lowest BCUT2D eigenvalue weighted by atomic mass is 9.86. The third-order valence-corrected chi connectivity index (χ3v) is 5.38. The summed E-state index contributed by atoms with van der Waals surface area (Å²) in [5.74, 6) is 0.520. The van der Waals surface area contributed by atoms with Crippen LogP contribution >= 0.6 is 46.1 Å². The number of halogens is 3. The van der Waals surface area contributed by atoms with Gasteiger partial charge in [-0.25, -0.2) is 0 Å². The van der Waals surface area contributed by atoms with E-state index in [-0.39, 0.29) is 12.0 Å². The zero-order valence-electron chi connectivity index (χ0n) is 10.2. The van der Waals surface area contributed by atoms with E-state index in [1.54, 1.807) is 7.11 Å². The summed E-state index contributed by atoms with van der Waals surface area (Å²) in [6.07, 6.45) is 0. The maximum absolute atomic E-state index is 6.18.